The number of rotatable bonds is 2. The number of quaternary nitrogens is 1. The fourth-order valence-corrected chi connectivity index (χ4v) is 1.68. The smallest absolute Gasteiger partial charge is 0.295 e. The van der Waals surface area contributed by atoms with E-state index >= 15 is 0 Å². The van der Waals surface area contributed by atoms with Crippen molar-refractivity contribution < 1.29 is 26.9 Å². The number of hydrogen-bond donors (Lipinski definition) is 2. The minimum atomic E-state index is -0.0168. The van der Waals surface area contributed by atoms with E-state index in [0.717, 1.165) is 23.7 Å². The third-order valence-electron chi connectivity index (χ3n) is 2.70. The topological polar surface area (TPSA) is 42.8 Å². The van der Waals surface area contributed by atoms with Crippen LogP contribution >= 0.6 is 0 Å². The van der Waals surface area contributed by atoms with Gasteiger partial charge in [-0.05, 0) is 19.1 Å². The molecule has 1 fully saturated rings. The monoisotopic (exact) mass is 256 g/mol. The largest absolute Gasteiger partial charge is 1.00 e. The predicted octanol–water partition coefficient (Wildman–Crippen LogP) is -3.44. The van der Waals surface area contributed by atoms with E-state index in [4.69, 9.17) is 4.74 Å². The number of nitrogens with one attached hydrogen (secondary N) is 2. The lowest BCUT2D eigenvalue weighted by Gasteiger charge is -2.23. The van der Waals surface area contributed by atoms with Crippen molar-refractivity contribution in [3.63, 3.8) is 0 Å². The fourth-order valence-electron chi connectivity index (χ4n) is 1.68. The minimum Gasteiger partial charge on any atom is -1.00 e. The SMILES string of the molecule is Cc1ccc(C(=O)N[NH+]2CCOCC2)cc1.[Cl-]. The number of ether oxygens (including phenoxy) is 1. The Kier molecular flexibility index (Phi) is 5.41. The summed E-state index contributed by atoms with van der Waals surface area (Å²) in [5, 5.41) is 1.08. The molecule has 0 radical (unpaired) electrons. The zero-order chi connectivity index (χ0) is 11.4. The number of halogens is 1. The normalized spacial score (nSPS) is 16.1. The van der Waals surface area contributed by atoms with Crippen LogP contribution in [-0.2, 0) is 4.74 Å². The van der Waals surface area contributed by atoms with Crippen LogP contribution in [0.5, 0.6) is 0 Å². The van der Waals surface area contributed by atoms with E-state index < -0.39 is 0 Å². The maximum atomic E-state index is 11.9. The van der Waals surface area contributed by atoms with Crippen LogP contribution in [0, 0.1) is 6.92 Å². The standard InChI is InChI=1S/C12H16N2O2.ClH/c1-10-2-4-11(5-3-10)12(15)13-14-6-8-16-9-7-14;/h2-5H,6-9H2,1H3,(H,13,15);1H. The van der Waals surface area contributed by atoms with Gasteiger partial charge in [0, 0.05) is 5.56 Å². The molecule has 1 heterocycles. The van der Waals surface area contributed by atoms with Crippen LogP contribution in [0.4, 0.5) is 0 Å². The molecule has 17 heavy (non-hydrogen) atoms. The lowest BCUT2D eigenvalue weighted by Crippen LogP contribution is -3.20. The Bertz CT molecular complexity index is 361. The molecular formula is C12H17ClN2O2. The molecule has 0 saturated carbocycles. The number of carbonyl (C=O) groups excluding carboxylic acids is 1. The molecule has 1 aromatic rings. The van der Waals surface area contributed by atoms with Crippen molar-refractivity contribution in [1.82, 2.24) is 5.43 Å². The summed E-state index contributed by atoms with van der Waals surface area (Å²) in [6.45, 7) is 5.09. The van der Waals surface area contributed by atoms with Gasteiger partial charge in [-0.25, -0.2) is 5.01 Å². The molecule has 0 bridgehead atoms. The van der Waals surface area contributed by atoms with Crippen molar-refractivity contribution in [2.24, 2.45) is 0 Å². The lowest BCUT2D eigenvalue weighted by molar-refractivity contribution is -0.942. The first kappa shape index (κ1) is 14.0. The van der Waals surface area contributed by atoms with Gasteiger partial charge in [0.2, 0.25) is 0 Å². The summed E-state index contributed by atoms with van der Waals surface area (Å²) in [6.07, 6.45) is 0. The second kappa shape index (κ2) is 6.59. The molecule has 1 aliphatic rings. The van der Waals surface area contributed by atoms with Gasteiger partial charge in [0.15, 0.2) is 0 Å². The number of benzene rings is 1. The molecule has 0 atom stereocenters. The molecule has 1 aliphatic heterocycles. The molecule has 0 aromatic heterocycles. The summed E-state index contributed by atoms with van der Waals surface area (Å²) < 4.78 is 5.23. The third-order valence-corrected chi connectivity index (χ3v) is 2.70. The summed E-state index contributed by atoms with van der Waals surface area (Å²) in [6, 6.07) is 7.60. The van der Waals surface area contributed by atoms with Crippen molar-refractivity contribution in [2.75, 3.05) is 26.3 Å². The zero-order valence-electron chi connectivity index (χ0n) is 9.83. The molecule has 94 valence electrons. The molecule has 5 heteroatoms. The van der Waals surface area contributed by atoms with Gasteiger partial charge in [-0.2, -0.15) is 5.43 Å². The average Bonchev–Trinajstić information content (AvgIpc) is 2.31. The second-order valence-electron chi connectivity index (χ2n) is 4.04. The second-order valence-corrected chi connectivity index (χ2v) is 4.04. The number of amides is 1. The van der Waals surface area contributed by atoms with Gasteiger partial charge < -0.3 is 17.1 Å². The number of carbonyl (C=O) groups is 1. The Morgan fingerprint density at radius 3 is 2.41 bits per heavy atom. The van der Waals surface area contributed by atoms with Crippen molar-refractivity contribution in [2.45, 2.75) is 6.92 Å². The first-order chi connectivity index (χ1) is 7.75. The van der Waals surface area contributed by atoms with Gasteiger partial charge in [-0.15, -0.1) is 0 Å². The molecule has 1 aromatic carbocycles. The van der Waals surface area contributed by atoms with Crippen LogP contribution in [0.1, 0.15) is 15.9 Å². The molecule has 2 N–H and O–H groups in total. The van der Waals surface area contributed by atoms with E-state index in [1.54, 1.807) is 0 Å². The Morgan fingerprint density at radius 1 is 1.24 bits per heavy atom. The zero-order valence-corrected chi connectivity index (χ0v) is 10.6. The van der Waals surface area contributed by atoms with E-state index in [2.05, 4.69) is 5.43 Å². The first-order valence-electron chi connectivity index (χ1n) is 5.56. The van der Waals surface area contributed by atoms with Gasteiger partial charge in [0.05, 0.1) is 13.2 Å². The van der Waals surface area contributed by atoms with E-state index in [9.17, 15) is 4.79 Å². The third kappa shape index (κ3) is 4.00. The number of hydrogen-bond acceptors (Lipinski definition) is 2. The van der Waals surface area contributed by atoms with Crippen molar-refractivity contribution in [1.29, 1.82) is 0 Å². The molecule has 4 nitrogen and oxygen atoms in total. The maximum absolute atomic E-state index is 11.9. The quantitative estimate of drug-likeness (QED) is 0.578. The van der Waals surface area contributed by atoms with Gasteiger partial charge in [-0.1, -0.05) is 17.7 Å². The minimum absolute atomic E-state index is 0. The van der Waals surface area contributed by atoms with Crippen LogP contribution in [-0.4, -0.2) is 32.2 Å². The van der Waals surface area contributed by atoms with Crippen LogP contribution in [0.3, 0.4) is 0 Å². The molecule has 1 amide bonds. The molecule has 2 rings (SSSR count). The summed E-state index contributed by atoms with van der Waals surface area (Å²) in [4.78, 5) is 11.9. The van der Waals surface area contributed by atoms with Crippen molar-refractivity contribution in [3.05, 3.63) is 35.4 Å². The number of morpholine rings is 1. The first-order valence-corrected chi connectivity index (χ1v) is 5.56. The highest BCUT2D eigenvalue weighted by molar-refractivity contribution is 5.93. The fraction of sp³-hybridized carbons (Fsp3) is 0.417. The summed E-state index contributed by atoms with van der Waals surface area (Å²) in [7, 11) is 0. The van der Waals surface area contributed by atoms with Gasteiger partial charge in [-0.3, -0.25) is 4.79 Å². The highest BCUT2D eigenvalue weighted by atomic mass is 35.5. The number of aryl methyl sites for hydroxylation is 1. The van der Waals surface area contributed by atoms with Crippen LogP contribution < -0.4 is 22.8 Å². The Hall–Kier alpha value is -1.10. The Labute approximate surface area is 107 Å². The Morgan fingerprint density at radius 2 is 1.82 bits per heavy atom. The average molecular weight is 257 g/mol. The lowest BCUT2D eigenvalue weighted by atomic mass is 10.1. The highest BCUT2D eigenvalue weighted by Crippen LogP contribution is 2.01. The van der Waals surface area contributed by atoms with Crippen LogP contribution in [0.2, 0.25) is 0 Å². The summed E-state index contributed by atoms with van der Waals surface area (Å²) in [5.41, 5.74) is 4.83. The predicted molar refractivity (Wildman–Crippen MR) is 60.2 cm³/mol. The molecule has 0 unspecified atom stereocenters. The summed E-state index contributed by atoms with van der Waals surface area (Å²) >= 11 is 0. The van der Waals surface area contributed by atoms with Gasteiger partial charge in [0.1, 0.15) is 13.1 Å². The maximum Gasteiger partial charge on any atom is 0.295 e. The van der Waals surface area contributed by atoms with Crippen LogP contribution in [0.15, 0.2) is 24.3 Å². The molecular weight excluding hydrogens is 240 g/mol. The van der Waals surface area contributed by atoms with Gasteiger partial charge in [0.25, 0.3) is 5.91 Å². The molecule has 1 saturated heterocycles. The van der Waals surface area contributed by atoms with Crippen molar-refractivity contribution >= 4 is 5.91 Å². The van der Waals surface area contributed by atoms with Gasteiger partial charge >= 0.3 is 0 Å². The highest BCUT2D eigenvalue weighted by Gasteiger charge is 2.17. The van der Waals surface area contributed by atoms with Crippen molar-refractivity contribution in [3.8, 4) is 0 Å². The van der Waals surface area contributed by atoms with E-state index in [0.29, 0.717) is 18.8 Å². The Balaban J connectivity index is 0.00000144. The summed E-state index contributed by atoms with van der Waals surface area (Å²) in [5.74, 6) is -0.0168. The van der Waals surface area contributed by atoms with E-state index in [1.807, 2.05) is 31.2 Å². The molecule has 0 aliphatic carbocycles. The van der Waals surface area contributed by atoms with E-state index in [-0.39, 0.29) is 18.3 Å². The van der Waals surface area contributed by atoms with E-state index in [1.165, 1.54) is 0 Å². The van der Waals surface area contributed by atoms with Crippen LogP contribution in [0.25, 0.3) is 0 Å². The molecule has 0 spiro atoms.